The Morgan fingerprint density at radius 3 is 1.80 bits per heavy atom. The molecule has 9 aromatic rings. The van der Waals surface area contributed by atoms with E-state index < -0.39 is 0 Å². The normalized spacial score (nSPS) is 11.5. The monoisotopic (exact) mass is 603 g/mol. The molecule has 0 aliphatic rings. The maximum absolute atomic E-state index is 2.52. The fourth-order valence-electron chi connectivity index (χ4n) is 7.00. The van der Waals surface area contributed by atoms with Gasteiger partial charge in [-0.3, -0.25) is 0 Å². The van der Waals surface area contributed by atoms with Gasteiger partial charge in [0.1, 0.15) is 0 Å². The van der Waals surface area contributed by atoms with Crippen molar-refractivity contribution < 1.29 is 0 Å². The number of anilines is 3. The van der Waals surface area contributed by atoms with Crippen LogP contribution in [0.2, 0.25) is 0 Å². The Labute approximate surface area is 272 Å². The summed E-state index contributed by atoms with van der Waals surface area (Å²) in [6.45, 7) is 0. The Bertz CT molecular complexity index is 2540. The average molecular weight is 604 g/mol. The van der Waals surface area contributed by atoms with Gasteiger partial charge >= 0.3 is 0 Å². The Morgan fingerprint density at radius 2 is 0.935 bits per heavy atom. The van der Waals surface area contributed by atoms with E-state index in [0.29, 0.717) is 0 Å². The van der Waals surface area contributed by atoms with Crippen molar-refractivity contribution >= 4 is 70.1 Å². The first-order valence-corrected chi connectivity index (χ1v) is 16.5. The molecule has 0 atom stereocenters. The minimum atomic E-state index is 1.15. The second kappa shape index (κ2) is 11.0. The molecule has 0 bridgehead atoms. The summed E-state index contributed by atoms with van der Waals surface area (Å²) in [4.78, 5) is 2.52. The summed E-state index contributed by atoms with van der Waals surface area (Å²) in [5, 5.41) is 7.54. The molecule has 216 valence electrons. The molecule has 2 heteroatoms. The van der Waals surface area contributed by atoms with Crippen LogP contribution in [0, 0.1) is 0 Å². The van der Waals surface area contributed by atoms with Gasteiger partial charge in [-0.25, -0.2) is 0 Å². The molecule has 46 heavy (non-hydrogen) atoms. The molecule has 8 aromatic carbocycles. The molecule has 0 saturated heterocycles. The highest BCUT2D eigenvalue weighted by molar-refractivity contribution is 7.26. The number of para-hydroxylation sites is 1. The van der Waals surface area contributed by atoms with E-state index in [0.717, 1.165) is 11.4 Å². The lowest BCUT2D eigenvalue weighted by Gasteiger charge is -2.31. The molecule has 0 radical (unpaired) electrons. The number of hydrogen-bond acceptors (Lipinski definition) is 2. The van der Waals surface area contributed by atoms with Gasteiger partial charge in [0.15, 0.2) is 0 Å². The van der Waals surface area contributed by atoms with Gasteiger partial charge in [-0.05, 0) is 56.9 Å². The highest BCUT2D eigenvalue weighted by Crippen LogP contribution is 2.51. The van der Waals surface area contributed by atoms with E-state index in [9.17, 15) is 0 Å². The molecule has 0 unspecified atom stereocenters. The summed E-state index contributed by atoms with van der Waals surface area (Å²) >= 11 is 1.87. The lowest BCUT2D eigenvalue weighted by Crippen LogP contribution is -2.13. The third-order valence-corrected chi connectivity index (χ3v) is 10.3. The van der Waals surface area contributed by atoms with Gasteiger partial charge in [-0.2, -0.15) is 0 Å². The topological polar surface area (TPSA) is 3.24 Å². The Hall–Kier alpha value is -5.70. The molecule has 0 amide bonds. The lowest BCUT2D eigenvalue weighted by atomic mass is 9.91. The van der Waals surface area contributed by atoms with Gasteiger partial charge in [0.25, 0.3) is 0 Å². The standard InChI is InChI=1S/C44H29NS/c1-2-14-31(15-3-1)34-20-8-10-25-39(34)45(41-26-13-24-38-36-22-9-11-27-42(36)46-44(38)41)40-29-28-32-17-5-7-21-35(32)43(40)37-23-12-18-30-16-4-6-19-33(30)37/h1-29H. The molecule has 0 fully saturated rings. The Kier molecular flexibility index (Phi) is 6.40. The van der Waals surface area contributed by atoms with Crippen molar-refractivity contribution in [3.63, 3.8) is 0 Å². The highest BCUT2D eigenvalue weighted by atomic mass is 32.1. The highest BCUT2D eigenvalue weighted by Gasteiger charge is 2.25. The fraction of sp³-hybridized carbons (Fsp3) is 0. The summed E-state index contributed by atoms with van der Waals surface area (Å²) in [5.41, 5.74) is 8.33. The zero-order chi connectivity index (χ0) is 30.5. The van der Waals surface area contributed by atoms with Crippen molar-refractivity contribution in [1.82, 2.24) is 0 Å². The molecule has 9 rings (SSSR count). The predicted molar refractivity (Wildman–Crippen MR) is 200 cm³/mol. The number of hydrogen-bond donors (Lipinski definition) is 0. The largest absolute Gasteiger partial charge is 0.308 e. The molecule has 0 aliphatic heterocycles. The van der Waals surface area contributed by atoms with Crippen molar-refractivity contribution in [2.24, 2.45) is 0 Å². The van der Waals surface area contributed by atoms with E-state index in [1.807, 2.05) is 11.3 Å². The lowest BCUT2D eigenvalue weighted by molar-refractivity contribution is 1.31. The quantitative estimate of drug-likeness (QED) is 0.189. The van der Waals surface area contributed by atoms with Crippen molar-refractivity contribution in [1.29, 1.82) is 0 Å². The van der Waals surface area contributed by atoms with Crippen LogP contribution < -0.4 is 4.90 Å². The van der Waals surface area contributed by atoms with Crippen LogP contribution in [0.3, 0.4) is 0 Å². The van der Waals surface area contributed by atoms with Crippen molar-refractivity contribution in [2.75, 3.05) is 4.90 Å². The maximum Gasteiger partial charge on any atom is 0.0640 e. The number of rotatable bonds is 5. The first-order valence-electron chi connectivity index (χ1n) is 15.7. The van der Waals surface area contributed by atoms with E-state index in [4.69, 9.17) is 0 Å². The van der Waals surface area contributed by atoms with Crippen LogP contribution in [0.1, 0.15) is 0 Å². The van der Waals surface area contributed by atoms with E-state index in [2.05, 4.69) is 181 Å². The molecular weight excluding hydrogens is 575 g/mol. The third-order valence-electron chi connectivity index (χ3n) is 9.06. The Balaban J connectivity index is 1.44. The van der Waals surface area contributed by atoms with Crippen LogP contribution >= 0.6 is 11.3 Å². The van der Waals surface area contributed by atoms with Crippen LogP contribution in [0.4, 0.5) is 17.1 Å². The van der Waals surface area contributed by atoms with Crippen molar-refractivity contribution in [3.05, 3.63) is 176 Å². The molecule has 1 heterocycles. The molecule has 0 saturated carbocycles. The molecule has 0 spiro atoms. The van der Waals surface area contributed by atoms with E-state index in [1.165, 1.54) is 69.7 Å². The summed E-state index contributed by atoms with van der Waals surface area (Å²) in [6, 6.07) is 64.0. The third kappa shape index (κ3) is 4.30. The fourth-order valence-corrected chi connectivity index (χ4v) is 8.21. The first kappa shape index (κ1) is 26.7. The molecule has 1 aromatic heterocycles. The van der Waals surface area contributed by atoms with E-state index in [1.54, 1.807) is 0 Å². The Morgan fingerprint density at radius 1 is 0.348 bits per heavy atom. The van der Waals surface area contributed by atoms with Crippen LogP contribution in [-0.2, 0) is 0 Å². The van der Waals surface area contributed by atoms with Gasteiger partial charge < -0.3 is 4.90 Å². The summed E-state index contributed by atoms with van der Waals surface area (Å²) in [5.74, 6) is 0. The second-order valence-corrected chi connectivity index (χ2v) is 12.7. The second-order valence-electron chi connectivity index (χ2n) is 11.7. The smallest absolute Gasteiger partial charge is 0.0640 e. The number of benzene rings is 8. The first-order chi connectivity index (χ1) is 22.8. The van der Waals surface area contributed by atoms with Gasteiger partial charge in [-0.15, -0.1) is 11.3 Å². The SMILES string of the molecule is c1ccc(-c2ccccc2N(c2ccc3ccccc3c2-c2cccc3ccccc23)c2cccc3c2sc2ccccc23)cc1. The van der Waals surface area contributed by atoms with Crippen LogP contribution in [0.5, 0.6) is 0 Å². The van der Waals surface area contributed by atoms with Gasteiger partial charge in [0, 0.05) is 26.6 Å². The van der Waals surface area contributed by atoms with Crippen molar-refractivity contribution in [2.45, 2.75) is 0 Å². The van der Waals surface area contributed by atoms with Crippen LogP contribution in [0.15, 0.2) is 176 Å². The number of nitrogens with zero attached hydrogens (tertiary/aromatic N) is 1. The minimum Gasteiger partial charge on any atom is -0.308 e. The molecular formula is C44H29NS. The van der Waals surface area contributed by atoms with E-state index in [-0.39, 0.29) is 0 Å². The maximum atomic E-state index is 2.52. The van der Waals surface area contributed by atoms with E-state index >= 15 is 0 Å². The summed E-state index contributed by atoms with van der Waals surface area (Å²) in [6.07, 6.45) is 0. The number of thiophene rings is 1. The molecule has 1 nitrogen and oxygen atoms in total. The van der Waals surface area contributed by atoms with Gasteiger partial charge in [0.05, 0.1) is 21.8 Å². The average Bonchev–Trinajstić information content (AvgIpc) is 3.52. The zero-order valence-corrected chi connectivity index (χ0v) is 25.9. The molecule has 0 aliphatic carbocycles. The molecule has 0 N–H and O–H groups in total. The zero-order valence-electron chi connectivity index (χ0n) is 25.1. The van der Waals surface area contributed by atoms with Gasteiger partial charge in [0.2, 0.25) is 0 Å². The number of fused-ring (bicyclic) bond motifs is 5. The predicted octanol–water partition coefficient (Wildman–Crippen LogP) is 13.2. The van der Waals surface area contributed by atoms with Gasteiger partial charge in [-0.1, -0.05) is 152 Å². The van der Waals surface area contributed by atoms with Crippen LogP contribution in [-0.4, -0.2) is 0 Å². The summed E-state index contributed by atoms with van der Waals surface area (Å²) in [7, 11) is 0. The van der Waals surface area contributed by atoms with Crippen LogP contribution in [0.25, 0.3) is 64.0 Å². The van der Waals surface area contributed by atoms with Crippen molar-refractivity contribution in [3.8, 4) is 22.3 Å². The minimum absolute atomic E-state index is 1.15. The summed E-state index contributed by atoms with van der Waals surface area (Å²) < 4.78 is 2.58.